The van der Waals surface area contributed by atoms with Crippen LogP contribution in [0.15, 0.2) is 96.6 Å². The molecule has 0 aromatic heterocycles. The quantitative estimate of drug-likeness (QED) is 0.296. The fourth-order valence-corrected chi connectivity index (χ4v) is 3.41. The Hall–Kier alpha value is -4.36. The molecular weight excluding hydrogens is 396 g/mol. The van der Waals surface area contributed by atoms with Crippen LogP contribution in [0.4, 0.5) is 5.69 Å². The summed E-state index contributed by atoms with van der Waals surface area (Å²) in [5.74, 6) is 0.153. The molecule has 0 spiro atoms. The monoisotopic (exact) mass is 418 g/mol. The Kier molecular flexibility index (Phi) is 6.29. The number of ether oxygens (including phenoxy) is 1. The average molecular weight is 418 g/mol. The van der Waals surface area contributed by atoms with Crippen LogP contribution in [0.5, 0.6) is 5.75 Å². The van der Waals surface area contributed by atoms with Crippen molar-refractivity contribution in [2.45, 2.75) is 13.5 Å². The van der Waals surface area contributed by atoms with Crippen LogP contribution in [-0.4, -0.2) is 5.91 Å². The van der Waals surface area contributed by atoms with Gasteiger partial charge in [-0.1, -0.05) is 78.4 Å². The van der Waals surface area contributed by atoms with Crippen LogP contribution >= 0.6 is 0 Å². The second-order valence-electron chi connectivity index (χ2n) is 7.46. The minimum absolute atomic E-state index is 0.00499. The standard InChI is InChI=1S/C28H22N2O2/c1-20-11-13-21(14-12-20)19-32-27-16-15-22-7-5-6-10-25(22)26(27)17-23(18-29)28(31)30-24-8-3-2-4-9-24/h2-17H,19H2,1H3,(H,30,31)/b23-17-. The van der Waals surface area contributed by atoms with Gasteiger partial charge >= 0.3 is 0 Å². The van der Waals surface area contributed by atoms with Crippen LogP contribution in [0.25, 0.3) is 16.8 Å². The van der Waals surface area contributed by atoms with Crippen LogP contribution < -0.4 is 10.1 Å². The number of hydrogen-bond acceptors (Lipinski definition) is 3. The maximum absolute atomic E-state index is 12.8. The average Bonchev–Trinajstić information content (AvgIpc) is 2.83. The number of hydrogen-bond donors (Lipinski definition) is 1. The van der Waals surface area contributed by atoms with Gasteiger partial charge in [-0.3, -0.25) is 4.79 Å². The van der Waals surface area contributed by atoms with Gasteiger partial charge in [0, 0.05) is 11.3 Å². The van der Waals surface area contributed by atoms with Crippen molar-refractivity contribution in [1.29, 1.82) is 5.26 Å². The number of carbonyl (C=O) groups is 1. The Balaban J connectivity index is 1.69. The second kappa shape index (κ2) is 9.63. The molecule has 156 valence electrons. The minimum Gasteiger partial charge on any atom is -0.488 e. The number of carbonyl (C=O) groups excluding carboxylic acids is 1. The van der Waals surface area contributed by atoms with Gasteiger partial charge in [0.1, 0.15) is 24.0 Å². The van der Waals surface area contributed by atoms with Crippen molar-refractivity contribution in [3.8, 4) is 11.8 Å². The molecule has 4 aromatic rings. The highest BCUT2D eigenvalue weighted by Crippen LogP contribution is 2.31. The zero-order valence-corrected chi connectivity index (χ0v) is 17.7. The van der Waals surface area contributed by atoms with Gasteiger partial charge in [-0.25, -0.2) is 0 Å². The smallest absolute Gasteiger partial charge is 0.266 e. The summed E-state index contributed by atoms with van der Waals surface area (Å²) in [6.45, 7) is 2.43. The zero-order valence-electron chi connectivity index (χ0n) is 17.7. The molecule has 0 aliphatic rings. The van der Waals surface area contributed by atoms with E-state index < -0.39 is 5.91 Å². The van der Waals surface area contributed by atoms with Gasteiger partial charge in [-0.2, -0.15) is 5.26 Å². The highest BCUT2D eigenvalue weighted by molar-refractivity contribution is 6.11. The van der Waals surface area contributed by atoms with Crippen molar-refractivity contribution in [2.24, 2.45) is 0 Å². The van der Waals surface area contributed by atoms with Crippen molar-refractivity contribution in [2.75, 3.05) is 5.32 Å². The largest absolute Gasteiger partial charge is 0.488 e. The minimum atomic E-state index is -0.462. The molecule has 0 unspecified atom stereocenters. The molecule has 4 nitrogen and oxygen atoms in total. The van der Waals surface area contributed by atoms with E-state index in [1.165, 1.54) is 5.56 Å². The van der Waals surface area contributed by atoms with Crippen LogP contribution in [-0.2, 0) is 11.4 Å². The summed E-state index contributed by atoms with van der Waals surface area (Å²) in [5, 5.41) is 14.4. The van der Waals surface area contributed by atoms with E-state index in [9.17, 15) is 10.1 Å². The third-order valence-corrected chi connectivity index (χ3v) is 5.13. The van der Waals surface area contributed by atoms with E-state index in [-0.39, 0.29) is 5.57 Å². The van der Waals surface area contributed by atoms with Crippen molar-refractivity contribution >= 4 is 28.4 Å². The van der Waals surface area contributed by atoms with Gasteiger partial charge in [0.2, 0.25) is 0 Å². The Morgan fingerprint density at radius 2 is 1.66 bits per heavy atom. The molecule has 0 fully saturated rings. The lowest BCUT2D eigenvalue weighted by Crippen LogP contribution is -2.13. The second-order valence-corrected chi connectivity index (χ2v) is 7.46. The normalized spacial score (nSPS) is 11.1. The number of amides is 1. The van der Waals surface area contributed by atoms with Crippen LogP contribution in [0.2, 0.25) is 0 Å². The van der Waals surface area contributed by atoms with Gasteiger partial charge in [0.05, 0.1) is 0 Å². The molecule has 4 aromatic carbocycles. The van der Waals surface area contributed by atoms with Crippen molar-refractivity contribution in [1.82, 2.24) is 0 Å². The highest BCUT2D eigenvalue weighted by Gasteiger charge is 2.14. The molecule has 0 saturated heterocycles. The first kappa shape index (κ1) is 20.9. The number of nitrogens with zero attached hydrogens (tertiary/aromatic N) is 1. The molecule has 4 rings (SSSR count). The molecule has 0 saturated carbocycles. The highest BCUT2D eigenvalue weighted by atomic mass is 16.5. The summed E-state index contributed by atoms with van der Waals surface area (Å²) in [5.41, 5.74) is 3.57. The first-order valence-electron chi connectivity index (χ1n) is 10.3. The molecule has 4 heteroatoms. The predicted octanol–water partition coefficient (Wildman–Crippen LogP) is 6.27. The van der Waals surface area contributed by atoms with Gasteiger partial charge < -0.3 is 10.1 Å². The SMILES string of the molecule is Cc1ccc(COc2ccc3ccccc3c2/C=C(/C#N)C(=O)Nc2ccccc2)cc1. The lowest BCUT2D eigenvalue weighted by Gasteiger charge is -2.13. The van der Waals surface area contributed by atoms with E-state index in [4.69, 9.17) is 4.74 Å². The summed E-state index contributed by atoms with van der Waals surface area (Å²) in [7, 11) is 0. The predicted molar refractivity (Wildman–Crippen MR) is 128 cm³/mol. The van der Waals surface area contributed by atoms with Crippen molar-refractivity contribution < 1.29 is 9.53 Å². The van der Waals surface area contributed by atoms with Crippen LogP contribution in [0.3, 0.4) is 0 Å². The molecule has 0 aliphatic heterocycles. The number of aryl methyl sites for hydroxylation is 1. The third kappa shape index (κ3) is 4.85. The molecule has 1 amide bonds. The topological polar surface area (TPSA) is 62.1 Å². The van der Waals surface area contributed by atoms with E-state index in [1.54, 1.807) is 18.2 Å². The van der Waals surface area contributed by atoms with Crippen molar-refractivity contribution in [3.05, 3.63) is 113 Å². The maximum Gasteiger partial charge on any atom is 0.266 e. The number of nitrogens with one attached hydrogen (secondary N) is 1. The molecular formula is C28H22N2O2. The Bertz CT molecular complexity index is 1320. The van der Waals surface area contributed by atoms with E-state index in [1.807, 2.05) is 91.9 Å². The molecule has 0 heterocycles. The van der Waals surface area contributed by atoms with Crippen LogP contribution in [0.1, 0.15) is 16.7 Å². The third-order valence-electron chi connectivity index (χ3n) is 5.13. The fraction of sp³-hybridized carbons (Fsp3) is 0.0714. The van der Waals surface area contributed by atoms with E-state index in [0.29, 0.717) is 23.6 Å². The maximum atomic E-state index is 12.8. The first-order chi connectivity index (χ1) is 15.6. The zero-order chi connectivity index (χ0) is 22.3. The Labute approximate surface area is 187 Å². The number of para-hydroxylation sites is 1. The lowest BCUT2D eigenvalue weighted by atomic mass is 10.0. The van der Waals surface area contributed by atoms with Gasteiger partial charge in [-0.05, 0) is 47.5 Å². The summed E-state index contributed by atoms with van der Waals surface area (Å²) in [4.78, 5) is 12.8. The summed E-state index contributed by atoms with van der Waals surface area (Å²) in [6.07, 6.45) is 1.60. The number of anilines is 1. The van der Waals surface area contributed by atoms with Gasteiger partial charge in [-0.15, -0.1) is 0 Å². The number of fused-ring (bicyclic) bond motifs is 1. The fourth-order valence-electron chi connectivity index (χ4n) is 3.41. The Morgan fingerprint density at radius 3 is 2.41 bits per heavy atom. The molecule has 0 radical (unpaired) electrons. The van der Waals surface area contributed by atoms with Gasteiger partial charge in [0.25, 0.3) is 5.91 Å². The number of benzene rings is 4. The molecule has 0 aliphatic carbocycles. The lowest BCUT2D eigenvalue weighted by molar-refractivity contribution is -0.112. The number of rotatable bonds is 6. The Morgan fingerprint density at radius 1 is 0.938 bits per heavy atom. The number of nitriles is 1. The van der Waals surface area contributed by atoms with Crippen LogP contribution in [0, 0.1) is 18.3 Å². The molecule has 0 atom stereocenters. The summed E-state index contributed by atoms with van der Waals surface area (Å²) < 4.78 is 6.13. The van der Waals surface area contributed by atoms with Crippen molar-refractivity contribution in [3.63, 3.8) is 0 Å². The molecule has 32 heavy (non-hydrogen) atoms. The van der Waals surface area contributed by atoms with E-state index in [0.717, 1.165) is 16.3 Å². The van der Waals surface area contributed by atoms with Gasteiger partial charge in [0.15, 0.2) is 0 Å². The van der Waals surface area contributed by atoms with E-state index >= 15 is 0 Å². The van der Waals surface area contributed by atoms with E-state index in [2.05, 4.69) is 5.32 Å². The summed E-state index contributed by atoms with van der Waals surface area (Å²) in [6, 6.07) is 31.0. The molecule has 0 bridgehead atoms. The molecule has 1 N–H and O–H groups in total. The first-order valence-corrected chi connectivity index (χ1v) is 10.3. The summed E-state index contributed by atoms with van der Waals surface area (Å²) >= 11 is 0.